The first-order valence-electron chi connectivity index (χ1n) is 8.60. The maximum Gasteiger partial charge on any atom is 0.227 e. The molecule has 2 aliphatic heterocycles. The number of anilines is 1. The van der Waals surface area contributed by atoms with Crippen LogP contribution < -0.4 is 4.90 Å². The second-order valence-corrected chi connectivity index (χ2v) is 6.37. The summed E-state index contributed by atoms with van der Waals surface area (Å²) in [5.41, 5.74) is 2.37. The molecule has 1 atom stereocenters. The van der Waals surface area contributed by atoms with Crippen molar-refractivity contribution in [3.63, 3.8) is 0 Å². The standard InChI is InChI=1S/C19H26N2O2/c1-2-12-23-13-6-10-19(22)21-15-17-8-5-11-20(17)14-16-7-3-4-9-18(16)21/h2-4,7,9,17H,1,5-6,8,10-15H2/t17-/m1/s1. The van der Waals surface area contributed by atoms with Gasteiger partial charge in [0, 0.05) is 37.8 Å². The lowest BCUT2D eigenvalue weighted by atomic mass is 10.1. The highest BCUT2D eigenvalue weighted by Gasteiger charge is 2.32. The number of hydrogen-bond donors (Lipinski definition) is 0. The lowest BCUT2D eigenvalue weighted by molar-refractivity contribution is -0.119. The molecule has 1 fully saturated rings. The molecule has 0 N–H and O–H groups in total. The number of carbonyl (C=O) groups is 1. The van der Waals surface area contributed by atoms with Crippen molar-refractivity contribution in [2.75, 3.05) is 31.2 Å². The highest BCUT2D eigenvalue weighted by atomic mass is 16.5. The molecule has 4 heteroatoms. The lowest BCUT2D eigenvalue weighted by Gasteiger charge is -2.26. The minimum Gasteiger partial charge on any atom is -0.377 e. The predicted octanol–water partition coefficient (Wildman–Crippen LogP) is 2.98. The highest BCUT2D eigenvalue weighted by Crippen LogP contribution is 2.31. The van der Waals surface area contributed by atoms with Crippen LogP contribution in [0, 0.1) is 0 Å². The summed E-state index contributed by atoms with van der Waals surface area (Å²) in [7, 11) is 0. The Morgan fingerprint density at radius 1 is 1.39 bits per heavy atom. The zero-order valence-corrected chi connectivity index (χ0v) is 13.7. The van der Waals surface area contributed by atoms with E-state index in [1.807, 2.05) is 11.0 Å². The van der Waals surface area contributed by atoms with Gasteiger partial charge in [-0.2, -0.15) is 0 Å². The Labute approximate surface area is 138 Å². The molecular weight excluding hydrogens is 288 g/mol. The maximum absolute atomic E-state index is 12.8. The Bertz CT molecular complexity index is 558. The van der Waals surface area contributed by atoms with E-state index in [1.54, 1.807) is 6.08 Å². The van der Waals surface area contributed by atoms with E-state index in [9.17, 15) is 4.79 Å². The van der Waals surface area contributed by atoms with Crippen LogP contribution in [0.2, 0.25) is 0 Å². The molecule has 1 aromatic carbocycles. The molecule has 0 saturated carbocycles. The molecule has 23 heavy (non-hydrogen) atoms. The molecule has 0 bridgehead atoms. The first-order chi connectivity index (χ1) is 11.3. The number of fused-ring (bicyclic) bond motifs is 2. The summed E-state index contributed by atoms with van der Waals surface area (Å²) < 4.78 is 5.39. The van der Waals surface area contributed by atoms with Crippen molar-refractivity contribution in [2.24, 2.45) is 0 Å². The minimum atomic E-state index is 0.216. The van der Waals surface area contributed by atoms with Gasteiger partial charge in [-0.05, 0) is 37.4 Å². The van der Waals surface area contributed by atoms with Crippen LogP contribution in [0.1, 0.15) is 31.2 Å². The summed E-state index contributed by atoms with van der Waals surface area (Å²) in [6.07, 6.45) is 5.48. The fourth-order valence-corrected chi connectivity index (χ4v) is 3.61. The van der Waals surface area contributed by atoms with E-state index < -0.39 is 0 Å². The summed E-state index contributed by atoms with van der Waals surface area (Å²) in [5, 5.41) is 0. The van der Waals surface area contributed by atoms with E-state index in [2.05, 4.69) is 29.7 Å². The third kappa shape index (κ3) is 3.82. The second kappa shape index (κ2) is 7.75. The van der Waals surface area contributed by atoms with Crippen LogP contribution in [0.15, 0.2) is 36.9 Å². The van der Waals surface area contributed by atoms with Crippen LogP contribution in [0.4, 0.5) is 5.69 Å². The number of rotatable bonds is 6. The number of amides is 1. The van der Waals surface area contributed by atoms with Crippen molar-refractivity contribution in [1.29, 1.82) is 0 Å². The Kier molecular flexibility index (Phi) is 5.47. The number of ether oxygens (including phenoxy) is 1. The average molecular weight is 314 g/mol. The van der Waals surface area contributed by atoms with Crippen molar-refractivity contribution in [3.05, 3.63) is 42.5 Å². The molecule has 0 aliphatic carbocycles. The van der Waals surface area contributed by atoms with Gasteiger partial charge >= 0.3 is 0 Å². The van der Waals surface area contributed by atoms with E-state index in [0.717, 1.165) is 31.7 Å². The summed E-state index contributed by atoms with van der Waals surface area (Å²) in [5.74, 6) is 0.216. The van der Waals surface area contributed by atoms with Crippen LogP contribution in [0.25, 0.3) is 0 Å². The maximum atomic E-state index is 12.8. The van der Waals surface area contributed by atoms with Crippen LogP contribution in [0.5, 0.6) is 0 Å². The zero-order valence-electron chi connectivity index (χ0n) is 13.7. The van der Waals surface area contributed by atoms with E-state index >= 15 is 0 Å². The number of hydrogen-bond acceptors (Lipinski definition) is 3. The van der Waals surface area contributed by atoms with Gasteiger partial charge in [0.25, 0.3) is 0 Å². The highest BCUT2D eigenvalue weighted by molar-refractivity contribution is 5.94. The van der Waals surface area contributed by atoms with E-state index in [1.165, 1.54) is 18.4 Å². The predicted molar refractivity (Wildman–Crippen MR) is 92.5 cm³/mol. The molecule has 1 aromatic rings. The summed E-state index contributed by atoms with van der Waals surface area (Å²) in [6.45, 7) is 7.73. The van der Waals surface area contributed by atoms with Gasteiger partial charge in [-0.3, -0.25) is 9.69 Å². The van der Waals surface area contributed by atoms with Crippen LogP contribution in [-0.4, -0.2) is 43.2 Å². The summed E-state index contributed by atoms with van der Waals surface area (Å²) in [6, 6.07) is 8.85. The molecule has 0 spiro atoms. The molecule has 0 radical (unpaired) electrons. The van der Waals surface area contributed by atoms with Gasteiger partial charge in [-0.1, -0.05) is 24.3 Å². The first-order valence-corrected chi connectivity index (χ1v) is 8.60. The molecule has 2 heterocycles. The molecule has 0 aromatic heterocycles. The van der Waals surface area contributed by atoms with Crippen molar-refractivity contribution in [1.82, 2.24) is 4.90 Å². The van der Waals surface area contributed by atoms with Crippen molar-refractivity contribution in [3.8, 4) is 0 Å². The smallest absolute Gasteiger partial charge is 0.227 e. The van der Waals surface area contributed by atoms with Crippen molar-refractivity contribution < 1.29 is 9.53 Å². The normalized spacial score (nSPS) is 20.7. The quantitative estimate of drug-likeness (QED) is 0.598. The van der Waals surface area contributed by atoms with Crippen molar-refractivity contribution in [2.45, 2.75) is 38.3 Å². The van der Waals surface area contributed by atoms with Gasteiger partial charge in [-0.15, -0.1) is 6.58 Å². The van der Waals surface area contributed by atoms with Gasteiger partial charge < -0.3 is 9.64 Å². The fraction of sp³-hybridized carbons (Fsp3) is 0.526. The topological polar surface area (TPSA) is 32.8 Å². The van der Waals surface area contributed by atoms with Gasteiger partial charge in [0.15, 0.2) is 0 Å². The average Bonchev–Trinajstić information content (AvgIpc) is 2.93. The first kappa shape index (κ1) is 16.2. The van der Waals surface area contributed by atoms with Crippen LogP contribution >= 0.6 is 0 Å². The monoisotopic (exact) mass is 314 g/mol. The number of para-hydroxylation sites is 1. The largest absolute Gasteiger partial charge is 0.377 e. The molecule has 124 valence electrons. The van der Waals surface area contributed by atoms with E-state index in [0.29, 0.717) is 25.7 Å². The Hall–Kier alpha value is -1.65. The lowest BCUT2D eigenvalue weighted by Crippen LogP contribution is -2.40. The molecule has 0 unspecified atom stereocenters. The van der Waals surface area contributed by atoms with Gasteiger partial charge in [0.05, 0.1) is 6.61 Å². The van der Waals surface area contributed by atoms with E-state index in [4.69, 9.17) is 4.74 Å². The van der Waals surface area contributed by atoms with E-state index in [-0.39, 0.29) is 5.91 Å². The number of benzene rings is 1. The molecule has 1 saturated heterocycles. The Morgan fingerprint density at radius 3 is 3.13 bits per heavy atom. The third-order valence-electron chi connectivity index (χ3n) is 4.76. The molecule has 1 amide bonds. The number of nitrogens with zero attached hydrogens (tertiary/aromatic N) is 2. The molecule has 3 rings (SSSR count). The van der Waals surface area contributed by atoms with Crippen LogP contribution in [-0.2, 0) is 16.1 Å². The minimum absolute atomic E-state index is 0.216. The Morgan fingerprint density at radius 2 is 2.26 bits per heavy atom. The summed E-state index contributed by atoms with van der Waals surface area (Å²) in [4.78, 5) is 17.3. The Balaban J connectivity index is 1.69. The molecule has 2 aliphatic rings. The van der Waals surface area contributed by atoms with Gasteiger partial charge in [-0.25, -0.2) is 0 Å². The molecule has 4 nitrogen and oxygen atoms in total. The second-order valence-electron chi connectivity index (χ2n) is 6.37. The fourth-order valence-electron chi connectivity index (χ4n) is 3.61. The van der Waals surface area contributed by atoms with Gasteiger partial charge in [0.1, 0.15) is 0 Å². The molecular formula is C19H26N2O2. The van der Waals surface area contributed by atoms with Crippen molar-refractivity contribution >= 4 is 11.6 Å². The summed E-state index contributed by atoms with van der Waals surface area (Å²) >= 11 is 0. The zero-order chi connectivity index (χ0) is 16.1. The van der Waals surface area contributed by atoms with Gasteiger partial charge in [0.2, 0.25) is 5.91 Å². The SMILES string of the molecule is C=CCOCCCC(=O)N1C[C@H]2CCCN2Cc2ccccc21. The third-order valence-corrected chi connectivity index (χ3v) is 4.76. The number of carbonyl (C=O) groups excluding carboxylic acids is 1. The van der Waals surface area contributed by atoms with Crippen LogP contribution in [0.3, 0.4) is 0 Å².